The SMILES string of the molecule is Cc1cc(C)c2oc(-c3cc(NC(=S)NC(=O)c4cc(I)ccc4Cl)ccc3O)nc2c1. The molecule has 3 aromatic carbocycles. The Morgan fingerprint density at radius 3 is 2.72 bits per heavy atom. The number of carbonyl (C=O) groups is 1. The van der Waals surface area contributed by atoms with Crippen LogP contribution in [0.15, 0.2) is 52.9 Å². The van der Waals surface area contributed by atoms with Crippen LogP contribution in [0.3, 0.4) is 0 Å². The van der Waals surface area contributed by atoms with Gasteiger partial charge in [-0.05, 0) is 102 Å². The first-order valence-electron chi connectivity index (χ1n) is 9.50. The van der Waals surface area contributed by atoms with E-state index >= 15 is 0 Å². The zero-order valence-corrected chi connectivity index (χ0v) is 20.7. The number of phenols is 1. The average molecular weight is 578 g/mol. The Morgan fingerprint density at radius 2 is 1.94 bits per heavy atom. The van der Waals surface area contributed by atoms with Gasteiger partial charge in [-0.3, -0.25) is 10.1 Å². The summed E-state index contributed by atoms with van der Waals surface area (Å²) < 4.78 is 6.79. The first-order valence-corrected chi connectivity index (χ1v) is 11.4. The van der Waals surface area contributed by atoms with E-state index in [0.29, 0.717) is 32.9 Å². The lowest BCUT2D eigenvalue weighted by Gasteiger charge is -2.11. The molecule has 32 heavy (non-hydrogen) atoms. The normalized spacial score (nSPS) is 10.9. The molecular weight excluding hydrogens is 561 g/mol. The van der Waals surface area contributed by atoms with Gasteiger partial charge in [-0.25, -0.2) is 4.98 Å². The summed E-state index contributed by atoms with van der Waals surface area (Å²) in [5.74, 6) is -0.123. The molecule has 1 amide bonds. The smallest absolute Gasteiger partial charge is 0.258 e. The number of oxazole rings is 1. The highest BCUT2D eigenvalue weighted by Gasteiger charge is 2.16. The third kappa shape index (κ3) is 4.72. The van der Waals surface area contributed by atoms with Gasteiger partial charge >= 0.3 is 0 Å². The molecule has 0 saturated heterocycles. The van der Waals surface area contributed by atoms with Crippen molar-refractivity contribution in [3.8, 4) is 17.2 Å². The number of nitrogens with zero attached hydrogens (tertiary/aromatic N) is 1. The minimum absolute atomic E-state index is 0.0112. The lowest BCUT2D eigenvalue weighted by Crippen LogP contribution is -2.34. The average Bonchev–Trinajstić information content (AvgIpc) is 3.15. The summed E-state index contributed by atoms with van der Waals surface area (Å²) in [5.41, 5.74) is 4.69. The van der Waals surface area contributed by atoms with Crippen molar-refractivity contribution >= 4 is 74.2 Å². The van der Waals surface area contributed by atoms with Crippen LogP contribution in [0.1, 0.15) is 21.5 Å². The van der Waals surface area contributed by atoms with E-state index in [1.54, 1.807) is 24.3 Å². The molecule has 0 fully saturated rings. The largest absolute Gasteiger partial charge is 0.507 e. The maximum atomic E-state index is 12.5. The number of amides is 1. The Morgan fingerprint density at radius 1 is 1.16 bits per heavy atom. The molecule has 4 aromatic rings. The van der Waals surface area contributed by atoms with Crippen LogP contribution >= 0.6 is 46.4 Å². The van der Waals surface area contributed by atoms with Crippen LogP contribution in [0, 0.1) is 17.4 Å². The molecule has 1 heterocycles. The van der Waals surface area contributed by atoms with E-state index < -0.39 is 5.91 Å². The lowest BCUT2D eigenvalue weighted by molar-refractivity contribution is 0.0978. The van der Waals surface area contributed by atoms with Crippen molar-refractivity contribution in [2.45, 2.75) is 13.8 Å². The Bertz CT molecular complexity index is 1390. The molecular formula is C23H17ClIN3O3S. The minimum atomic E-state index is -0.421. The van der Waals surface area contributed by atoms with Crippen LogP contribution < -0.4 is 10.6 Å². The molecule has 9 heteroatoms. The molecule has 0 aliphatic carbocycles. The van der Waals surface area contributed by atoms with Crippen LogP contribution in [0.2, 0.25) is 5.02 Å². The zero-order valence-electron chi connectivity index (χ0n) is 17.0. The molecule has 1 aromatic heterocycles. The number of thiocarbonyl (C=S) groups is 1. The highest BCUT2D eigenvalue weighted by atomic mass is 127. The standard InChI is InChI=1S/C23H17ClIN3O3S/c1-11-7-12(2)20-18(8-11)27-22(31-20)16-10-14(4-6-19(16)29)26-23(32)28-21(30)15-9-13(25)3-5-17(15)24/h3-10,29H,1-2H3,(H2,26,28,30,32). The maximum absolute atomic E-state index is 12.5. The van der Waals surface area contributed by atoms with Gasteiger partial charge in [0.2, 0.25) is 5.89 Å². The van der Waals surface area contributed by atoms with Gasteiger partial charge < -0.3 is 14.8 Å². The molecule has 0 atom stereocenters. The monoisotopic (exact) mass is 577 g/mol. The molecule has 0 saturated carbocycles. The number of rotatable bonds is 3. The van der Waals surface area contributed by atoms with Gasteiger partial charge in [-0.2, -0.15) is 0 Å². The second kappa shape index (κ2) is 9.05. The molecule has 6 nitrogen and oxygen atoms in total. The number of aromatic nitrogens is 1. The predicted molar refractivity (Wildman–Crippen MR) is 138 cm³/mol. The summed E-state index contributed by atoms with van der Waals surface area (Å²) in [7, 11) is 0. The van der Waals surface area contributed by atoms with Crippen molar-refractivity contribution < 1.29 is 14.3 Å². The molecule has 0 bridgehead atoms. The molecule has 0 unspecified atom stereocenters. The van der Waals surface area contributed by atoms with Crippen molar-refractivity contribution in [3.63, 3.8) is 0 Å². The quantitative estimate of drug-likeness (QED) is 0.153. The van der Waals surface area contributed by atoms with E-state index in [4.69, 9.17) is 28.2 Å². The van der Waals surface area contributed by atoms with Gasteiger partial charge in [0, 0.05) is 9.26 Å². The Hall–Kier alpha value is -2.69. The molecule has 0 radical (unpaired) electrons. The van der Waals surface area contributed by atoms with E-state index in [1.165, 1.54) is 6.07 Å². The number of anilines is 1. The van der Waals surface area contributed by atoms with Gasteiger partial charge in [0.15, 0.2) is 10.7 Å². The molecule has 4 rings (SSSR count). The second-order valence-corrected chi connectivity index (χ2v) is 9.27. The topological polar surface area (TPSA) is 87.4 Å². The Kier molecular flexibility index (Phi) is 6.36. The van der Waals surface area contributed by atoms with Crippen molar-refractivity contribution in [1.29, 1.82) is 0 Å². The fourth-order valence-corrected chi connectivity index (χ4v) is 4.19. The summed E-state index contributed by atoms with van der Waals surface area (Å²) in [5, 5.41) is 16.4. The van der Waals surface area contributed by atoms with E-state index in [1.807, 2.05) is 32.0 Å². The second-order valence-electron chi connectivity index (χ2n) is 7.21. The number of halogens is 2. The van der Waals surface area contributed by atoms with E-state index in [0.717, 1.165) is 14.7 Å². The predicted octanol–water partition coefficient (Wildman–Crippen LogP) is 6.20. The molecule has 0 spiro atoms. The van der Waals surface area contributed by atoms with Gasteiger partial charge in [0.1, 0.15) is 11.3 Å². The van der Waals surface area contributed by atoms with Crippen LogP contribution in [0.4, 0.5) is 5.69 Å². The fourth-order valence-electron chi connectivity index (χ4n) is 3.28. The summed E-state index contributed by atoms with van der Waals surface area (Å²) in [6.07, 6.45) is 0. The highest BCUT2D eigenvalue weighted by Crippen LogP contribution is 2.34. The summed E-state index contributed by atoms with van der Waals surface area (Å²) in [6, 6.07) is 13.9. The summed E-state index contributed by atoms with van der Waals surface area (Å²) >= 11 is 13.5. The first kappa shape index (κ1) is 22.5. The molecule has 162 valence electrons. The summed E-state index contributed by atoms with van der Waals surface area (Å²) in [4.78, 5) is 17.0. The van der Waals surface area contributed by atoms with Gasteiger partial charge in [-0.15, -0.1) is 0 Å². The third-order valence-corrected chi connectivity index (χ3v) is 5.91. The molecule has 3 N–H and O–H groups in total. The van der Waals surface area contributed by atoms with Crippen molar-refractivity contribution in [3.05, 3.63) is 73.8 Å². The third-order valence-electron chi connectivity index (χ3n) is 4.71. The minimum Gasteiger partial charge on any atom is -0.507 e. The number of aromatic hydroxyl groups is 1. The highest BCUT2D eigenvalue weighted by molar-refractivity contribution is 14.1. The van der Waals surface area contributed by atoms with Crippen LogP contribution in [-0.4, -0.2) is 21.1 Å². The lowest BCUT2D eigenvalue weighted by atomic mass is 10.1. The van der Waals surface area contributed by atoms with Crippen molar-refractivity contribution in [2.24, 2.45) is 0 Å². The van der Waals surface area contributed by atoms with Crippen LogP contribution in [0.5, 0.6) is 5.75 Å². The van der Waals surface area contributed by atoms with Crippen LogP contribution in [0.25, 0.3) is 22.6 Å². The summed E-state index contributed by atoms with van der Waals surface area (Å²) in [6.45, 7) is 3.94. The van der Waals surface area contributed by atoms with Crippen molar-refractivity contribution in [1.82, 2.24) is 10.3 Å². The number of hydrogen-bond donors (Lipinski definition) is 3. The zero-order chi connectivity index (χ0) is 23.0. The van der Waals surface area contributed by atoms with E-state index in [9.17, 15) is 9.90 Å². The molecule has 0 aliphatic rings. The van der Waals surface area contributed by atoms with Gasteiger partial charge in [0.25, 0.3) is 5.91 Å². The van der Waals surface area contributed by atoms with Gasteiger partial charge in [0.05, 0.1) is 16.1 Å². The number of benzene rings is 3. The number of nitrogens with one attached hydrogen (secondary N) is 2. The van der Waals surface area contributed by atoms with E-state index in [2.05, 4.69) is 38.2 Å². The fraction of sp³-hybridized carbons (Fsp3) is 0.0870. The van der Waals surface area contributed by atoms with E-state index in [-0.39, 0.29) is 16.8 Å². The Balaban J connectivity index is 1.56. The Labute approximate surface area is 208 Å². The molecule has 0 aliphatic heterocycles. The maximum Gasteiger partial charge on any atom is 0.258 e. The number of hydrogen-bond acceptors (Lipinski definition) is 5. The number of fused-ring (bicyclic) bond motifs is 1. The van der Waals surface area contributed by atoms with Crippen molar-refractivity contribution in [2.75, 3.05) is 5.32 Å². The number of phenolic OH excluding ortho intramolecular Hbond substituents is 1. The number of aryl methyl sites for hydroxylation is 2. The number of carbonyl (C=O) groups excluding carboxylic acids is 1. The van der Waals surface area contributed by atoms with Crippen LogP contribution in [-0.2, 0) is 0 Å². The van der Waals surface area contributed by atoms with Gasteiger partial charge in [-0.1, -0.05) is 17.7 Å². The first-order chi connectivity index (χ1) is 15.2.